The van der Waals surface area contributed by atoms with Crippen LogP contribution in [0.5, 0.6) is 5.75 Å². The zero-order valence-corrected chi connectivity index (χ0v) is 13.0. The predicted molar refractivity (Wildman–Crippen MR) is 81.7 cm³/mol. The third kappa shape index (κ3) is 4.35. The molecule has 1 aliphatic heterocycles. The smallest absolute Gasteiger partial charge is 0.244 e. The van der Waals surface area contributed by atoms with Crippen molar-refractivity contribution in [1.29, 1.82) is 0 Å². The monoisotopic (exact) mass is 339 g/mol. The van der Waals surface area contributed by atoms with E-state index in [4.69, 9.17) is 9.47 Å². The summed E-state index contributed by atoms with van der Waals surface area (Å²) in [6, 6.07) is 5.66. The lowest BCUT2D eigenvalue weighted by atomic mass is 10.2. The molecule has 0 radical (unpaired) electrons. The van der Waals surface area contributed by atoms with Crippen molar-refractivity contribution in [2.45, 2.75) is 18.9 Å². The van der Waals surface area contributed by atoms with E-state index in [9.17, 15) is 4.79 Å². The number of hydrogen-bond donors (Lipinski definition) is 1. The highest BCUT2D eigenvalue weighted by atomic mass is 79.9. The van der Waals surface area contributed by atoms with E-state index in [1.54, 1.807) is 13.2 Å². The van der Waals surface area contributed by atoms with Crippen LogP contribution >= 0.6 is 15.9 Å². The Hall–Kier alpha value is -1.33. The number of nitrogens with one attached hydrogen (secondary N) is 1. The molecule has 1 unspecified atom stereocenters. The Balaban J connectivity index is 1.84. The molecule has 0 aliphatic carbocycles. The van der Waals surface area contributed by atoms with Gasteiger partial charge in [-0.1, -0.05) is 6.07 Å². The van der Waals surface area contributed by atoms with Gasteiger partial charge in [-0.15, -0.1) is 0 Å². The van der Waals surface area contributed by atoms with Crippen LogP contribution in [0.25, 0.3) is 6.08 Å². The van der Waals surface area contributed by atoms with Crippen molar-refractivity contribution < 1.29 is 14.3 Å². The lowest BCUT2D eigenvalue weighted by Gasteiger charge is -2.08. The minimum Gasteiger partial charge on any atom is -0.496 e. The predicted octanol–water partition coefficient (Wildman–Crippen LogP) is 2.77. The van der Waals surface area contributed by atoms with Crippen molar-refractivity contribution >= 4 is 27.9 Å². The molecule has 1 atom stereocenters. The van der Waals surface area contributed by atoms with E-state index in [2.05, 4.69) is 21.2 Å². The Morgan fingerprint density at radius 1 is 1.60 bits per heavy atom. The first-order valence-electron chi connectivity index (χ1n) is 6.60. The summed E-state index contributed by atoms with van der Waals surface area (Å²) in [6.45, 7) is 1.38. The van der Waals surface area contributed by atoms with Gasteiger partial charge in [0.05, 0.1) is 17.7 Å². The van der Waals surface area contributed by atoms with Crippen LogP contribution in [0.2, 0.25) is 0 Å². The van der Waals surface area contributed by atoms with Crippen LogP contribution in [-0.4, -0.2) is 32.3 Å². The number of hydrogen-bond acceptors (Lipinski definition) is 3. The number of carbonyl (C=O) groups excluding carboxylic acids is 1. The maximum Gasteiger partial charge on any atom is 0.244 e. The average molecular weight is 340 g/mol. The first kappa shape index (κ1) is 15.1. The van der Waals surface area contributed by atoms with Gasteiger partial charge in [-0.3, -0.25) is 4.79 Å². The molecule has 108 valence electrons. The van der Waals surface area contributed by atoms with E-state index in [1.165, 1.54) is 6.08 Å². The molecular weight excluding hydrogens is 322 g/mol. The van der Waals surface area contributed by atoms with Crippen LogP contribution in [0.15, 0.2) is 28.7 Å². The van der Waals surface area contributed by atoms with Gasteiger partial charge in [-0.2, -0.15) is 0 Å². The summed E-state index contributed by atoms with van der Waals surface area (Å²) in [7, 11) is 1.62. The van der Waals surface area contributed by atoms with Crippen LogP contribution in [0.4, 0.5) is 0 Å². The molecule has 0 bridgehead atoms. The standard InChI is InChI=1S/C15H18BrNO3/c1-19-14-6-4-11(9-13(14)16)5-7-15(18)17-10-12-3-2-8-20-12/h4-7,9,12H,2-3,8,10H2,1H3,(H,17,18)/b7-5+. The fourth-order valence-corrected chi connectivity index (χ4v) is 2.60. The Kier molecular flexibility index (Phi) is 5.61. The Bertz CT molecular complexity index is 496. The molecule has 1 amide bonds. The van der Waals surface area contributed by atoms with Gasteiger partial charge < -0.3 is 14.8 Å². The summed E-state index contributed by atoms with van der Waals surface area (Å²) < 4.78 is 11.5. The second-order valence-electron chi connectivity index (χ2n) is 4.61. The zero-order chi connectivity index (χ0) is 14.4. The highest BCUT2D eigenvalue weighted by Gasteiger charge is 2.15. The zero-order valence-electron chi connectivity index (χ0n) is 11.4. The SMILES string of the molecule is COc1ccc(/C=C/C(=O)NCC2CCCO2)cc1Br. The van der Waals surface area contributed by atoms with Crippen molar-refractivity contribution in [2.75, 3.05) is 20.3 Å². The highest BCUT2D eigenvalue weighted by molar-refractivity contribution is 9.10. The molecule has 1 heterocycles. The van der Waals surface area contributed by atoms with Crippen molar-refractivity contribution in [3.63, 3.8) is 0 Å². The van der Waals surface area contributed by atoms with E-state index < -0.39 is 0 Å². The van der Waals surface area contributed by atoms with Crippen LogP contribution in [-0.2, 0) is 9.53 Å². The molecule has 5 heteroatoms. The fraction of sp³-hybridized carbons (Fsp3) is 0.400. The summed E-state index contributed by atoms with van der Waals surface area (Å²) in [5.41, 5.74) is 0.935. The van der Waals surface area contributed by atoms with Crippen molar-refractivity contribution in [1.82, 2.24) is 5.32 Å². The number of halogens is 1. The van der Waals surface area contributed by atoms with Crippen molar-refractivity contribution in [3.05, 3.63) is 34.3 Å². The molecule has 0 saturated carbocycles. The first-order valence-corrected chi connectivity index (χ1v) is 7.39. The third-order valence-corrected chi connectivity index (χ3v) is 3.75. The van der Waals surface area contributed by atoms with Gasteiger partial charge >= 0.3 is 0 Å². The molecule has 1 aromatic carbocycles. The summed E-state index contributed by atoms with van der Waals surface area (Å²) in [4.78, 5) is 11.7. The van der Waals surface area contributed by atoms with E-state index >= 15 is 0 Å². The summed E-state index contributed by atoms with van der Waals surface area (Å²) in [5, 5.41) is 2.84. The number of methoxy groups -OCH3 is 1. The van der Waals surface area contributed by atoms with Gasteiger partial charge in [-0.05, 0) is 52.5 Å². The molecule has 0 spiro atoms. The Morgan fingerprint density at radius 2 is 2.45 bits per heavy atom. The lowest BCUT2D eigenvalue weighted by molar-refractivity contribution is -0.116. The maximum atomic E-state index is 11.7. The van der Waals surface area contributed by atoms with E-state index in [0.717, 1.165) is 35.2 Å². The number of ether oxygens (including phenoxy) is 2. The molecule has 1 aromatic rings. The molecule has 4 nitrogen and oxygen atoms in total. The minimum atomic E-state index is -0.104. The summed E-state index contributed by atoms with van der Waals surface area (Å²) in [5.74, 6) is 0.664. The first-order chi connectivity index (χ1) is 9.69. The number of amides is 1. The normalized spacial score (nSPS) is 18.4. The van der Waals surface area contributed by atoms with Crippen LogP contribution in [0, 0.1) is 0 Å². The summed E-state index contributed by atoms with van der Waals surface area (Å²) >= 11 is 3.41. The quantitative estimate of drug-likeness (QED) is 0.839. The molecule has 0 aromatic heterocycles. The van der Waals surface area contributed by atoms with Crippen molar-refractivity contribution in [2.24, 2.45) is 0 Å². The molecule has 20 heavy (non-hydrogen) atoms. The van der Waals surface area contributed by atoms with Crippen molar-refractivity contribution in [3.8, 4) is 5.75 Å². The average Bonchev–Trinajstić information content (AvgIpc) is 2.96. The number of carbonyl (C=O) groups is 1. The van der Waals surface area contributed by atoms with Gasteiger partial charge in [0.1, 0.15) is 5.75 Å². The molecule has 1 aliphatic rings. The number of rotatable bonds is 5. The molecular formula is C15H18BrNO3. The summed E-state index contributed by atoms with van der Waals surface area (Å²) in [6.07, 6.45) is 5.58. The Labute approximate surface area is 127 Å². The maximum absolute atomic E-state index is 11.7. The van der Waals surface area contributed by atoms with Gasteiger partial charge in [0.2, 0.25) is 5.91 Å². The topological polar surface area (TPSA) is 47.6 Å². The second kappa shape index (κ2) is 7.45. The third-order valence-electron chi connectivity index (χ3n) is 3.13. The largest absolute Gasteiger partial charge is 0.496 e. The van der Waals surface area contributed by atoms with Gasteiger partial charge in [0.15, 0.2) is 0 Å². The Morgan fingerprint density at radius 3 is 3.10 bits per heavy atom. The molecule has 1 saturated heterocycles. The molecule has 1 fully saturated rings. The fourth-order valence-electron chi connectivity index (χ4n) is 2.04. The lowest BCUT2D eigenvalue weighted by Crippen LogP contribution is -2.30. The highest BCUT2D eigenvalue weighted by Crippen LogP contribution is 2.25. The minimum absolute atomic E-state index is 0.104. The second-order valence-corrected chi connectivity index (χ2v) is 5.46. The van der Waals surface area contributed by atoms with Gasteiger partial charge in [-0.25, -0.2) is 0 Å². The number of benzene rings is 1. The van der Waals surface area contributed by atoms with E-state index in [-0.39, 0.29) is 12.0 Å². The van der Waals surface area contributed by atoms with Crippen LogP contribution in [0.3, 0.4) is 0 Å². The van der Waals surface area contributed by atoms with Gasteiger partial charge in [0, 0.05) is 19.2 Å². The molecule has 1 N–H and O–H groups in total. The van der Waals surface area contributed by atoms with Gasteiger partial charge in [0.25, 0.3) is 0 Å². The van der Waals surface area contributed by atoms with Crippen LogP contribution < -0.4 is 10.1 Å². The van der Waals surface area contributed by atoms with E-state index in [1.807, 2.05) is 18.2 Å². The molecule has 2 rings (SSSR count). The van der Waals surface area contributed by atoms with Crippen LogP contribution in [0.1, 0.15) is 18.4 Å². The van der Waals surface area contributed by atoms with E-state index in [0.29, 0.717) is 6.54 Å².